The number of hydrogen-bond donors (Lipinski definition) is 0. The molecule has 0 radical (unpaired) electrons. The molecule has 0 aromatic carbocycles. The molecule has 130 valence electrons. The minimum absolute atomic E-state index is 0. The van der Waals surface area contributed by atoms with E-state index >= 15 is 0 Å². The molecule has 0 amide bonds. The van der Waals surface area contributed by atoms with Gasteiger partial charge in [0.05, 0.1) is 0 Å². The van der Waals surface area contributed by atoms with Gasteiger partial charge in [-0.2, -0.15) is 12.2 Å². The zero-order valence-corrected chi connectivity index (χ0v) is 19.5. The van der Waals surface area contributed by atoms with E-state index in [1.807, 2.05) is 0 Å². The molecular weight excluding hydrogens is 402 g/mol. The molecule has 0 spiro atoms. The fourth-order valence-electron chi connectivity index (χ4n) is 2.46. The van der Waals surface area contributed by atoms with Crippen LogP contribution in [-0.4, -0.2) is 0 Å². The van der Waals surface area contributed by atoms with Crippen LogP contribution in [0.3, 0.4) is 0 Å². The quantitative estimate of drug-likeness (QED) is 0.415. The van der Waals surface area contributed by atoms with Crippen molar-refractivity contribution in [2.45, 2.75) is 67.2 Å². The molecule has 0 bridgehead atoms. The van der Waals surface area contributed by atoms with Crippen LogP contribution in [0.15, 0.2) is 34.4 Å². The molecule has 23 heavy (non-hydrogen) atoms. The fraction of sp³-hybridized carbons (Fsp3) is 0.600. The van der Waals surface area contributed by atoms with Crippen LogP contribution >= 0.6 is 24.8 Å². The third-order valence-electron chi connectivity index (χ3n) is 3.62. The first-order valence-electron chi connectivity index (χ1n) is 7.93. The second-order valence-electron chi connectivity index (χ2n) is 6.69. The van der Waals surface area contributed by atoms with Crippen molar-refractivity contribution in [1.29, 1.82) is 0 Å². The van der Waals surface area contributed by atoms with E-state index in [1.54, 1.807) is 0 Å². The summed E-state index contributed by atoms with van der Waals surface area (Å²) in [5.74, 6) is 1.54. The molecule has 0 saturated carbocycles. The summed E-state index contributed by atoms with van der Waals surface area (Å²) in [6.07, 6.45) is 15.7. The molecule has 0 N–H and O–H groups in total. The van der Waals surface area contributed by atoms with Crippen molar-refractivity contribution in [2.75, 3.05) is 0 Å². The molecule has 2 aliphatic rings. The molecule has 0 unspecified atom stereocenters. The molecule has 0 aromatic heterocycles. The average molecular weight is 435 g/mol. The van der Waals surface area contributed by atoms with Crippen LogP contribution in [0.5, 0.6) is 0 Å². The summed E-state index contributed by atoms with van der Waals surface area (Å²) >= 11 is 0. The SMILES string of the molecule is CC1=CC[C-]=C1CC(C)C.CC1=CC[C-]=C1CC(C)C.Cl.Cl.[Zr+2]. The van der Waals surface area contributed by atoms with Crippen molar-refractivity contribution in [3.05, 3.63) is 46.6 Å². The van der Waals surface area contributed by atoms with Crippen molar-refractivity contribution in [3.63, 3.8) is 0 Å². The molecule has 0 heterocycles. The van der Waals surface area contributed by atoms with Crippen LogP contribution < -0.4 is 0 Å². The van der Waals surface area contributed by atoms with Gasteiger partial charge in [0, 0.05) is 0 Å². The molecule has 0 aromatic rings. The van der Waals surface area contributed by atoms with Gasteiger partial charge in [-0.3, -0.25) is 12.2 Å². The number of allylic oxidation sites excluding steroid dienone is 8. The smallest absolute Gasteiger partial charge is 0.269 e. The van der Waals surface area contributed by atoms with Gasteiger partial charge in [-0.15, -0.1) is 51.5 Å². The zero-order chi connectivity index (χ0) is 15.1. The zero-order valence-electron chi connectivity index (χ0n) is 15.5. The van der Waals surface area contributed by atoms with Crippen LogP contribution in [-0.2, 0) is 26.2 Å². The van der Waals surface area contributed by atoms with Crippen molar-refractivity contribution >= 4 is 24.8 Å². The first-order valence-corrected chi connectivity index (χ1v) is 7.93. The van der Waals surface area contributed by atoms with Gasteiger partial charge in [-0.05, 0) is 11.8 Å². The number of halogens is 2. The second-order valence-corrected chi connectivity index (χ2v) is 6.69. The standard InChI is InChI=1S/2C10H15.2ClH.Zr/c2*1-8(2)7-10-6-4-5-9(10)3;;;/h2*5,8H,4,7H2,1-3H3;2*1H;/q2*-1;;;+2. The Morgan fingerprint density at radius 2 is 1.09 bits per heavy atom. The van der Waals surface area contributed by atoms with E-state index in [1.165, 1.54) is 35.1 Å². The number of hydrogen-bond acceptors (Lipinski definition) is 0. The summed E-state index contributed by atoms with van der Waals surface area (Å²) in [6, 6.07) is 0. The van der Waals surface area contributed by atoms with Crippen LogP contribution in [0.1, 0.15) is 67.2 Å². The maximum absolute atomic E-state index is 3.36. The van der Waals surface area contributed by atoms with Gasteiger partial charge < -0.3 is 0 Å². The Hall–Kier alpha value is 0.423. The largest absolute Gasteiger partial charge is 2.00 e. The van der Waals surface area contributed by atoms with Gasteiger partial charge in [0.1, 0.15) is 0 Å². The third kappa shape index (κ3) is 11.6. The predicted molar refractivity (Wildman–Crippen MR) is 104 cm³/mol. The van der Waals surface area contributed by atoms with E-state index in [0.717, 1.165) is 24.7 Å². The van der Waals surface area contributed by atoms with E-state index < -0.39 is 0 Å². The molecule has 2 rings (SSSR count). The second kappa shape index (κ2) is 14.7. The van der Waals surface area contributed by atoms with Crippen LogP contribution in [0, 0.1) is 24.0 Å². The summed E-state index contributed by atoms with van der Waals surface area (Å²) in [4.78, 5) is 0. The van der Waals surface area contributed by atoms with Crippen molar-refractivity contribution < 1.29 is 26.2 Å². The molecule has 0 atom stereocenters. The van der Waals surface area contributed by atoms with Gasteiger partial charge in [0.25, 0.3) is 0 Å². The Kier molecular flexibility index (Phi) is 18.1. The third-order valence-corrected chi connectivity index (χ3v) is 3.62. The molecule has 0 aliphatic heterocycles. The minimum Gasteiger partial charge on any atom is -0.269 e. The topological polar surface area (TPSA) is 0 Å². The Morgan fingerprint density at radius 3 is 1.26 bits per heavy atom. The number of rotatable bonds is 4. The Bertz CT molecular complexity index is 399. The predicted octanol–water partition coefficient (Wildman–Crippen LogP) is 7.07. The van der Waals surface area contributed by atoms with E-state index in [4.69, 9.17) is 0 Å². The van der Waals surface area contributed by atoms with Crippen molar-refractivity contribution in [2.24, 2.45) is 11.8 Å². The van der Waals surface area contributed by atoms with Crippen LogP contribution in [0.4, 0.5) is 0 Å². The van der Waals surface area contributed by atoms with Crippen molar-refractivity contribution in [3.8, 4) is 0 Å². The summed E-state index contributed by atoms with van der Waals surface area (Å²) < 4.78 is 0. The molecule has 3 heteroatoms. The molecule has 0 nitrogen and oxygen atoms in total. The molecule has 0 fully saturated rings. The average Bonchev–Trinajstić information content (AvgIpc) is 2.90. The van der Waals surface area contributed by atoms with Gasteiger partial charge in [-0.1, -0.05) is 40.5 Å². The monoisotopic (exact) mass is 432 g/mol. The Balaban J connectivity index is -0.000000308. The summed E-state index contributed by atoms with van der Waals surface area (Å²) in [6.45, 7) is 13.4. The summed E-state index contributed by atoms with van der Waals surface area (Å²) in [7, 11) is 0. The normalized spacial score (nSPS) is 15.3. The molecule has 0 saturated heterocycles. The first kappa shape index (κ1) is 28.2. The Labute approximate surface area is 175 Å². The molecule has 2 aliphatic carbocycles. The van der Waals surface area contributed by atoms with Crippen LogP contribution in [0.25, 0.3) is 0 Å². The van der Waals surface area contributed by atoms with E-state index in [0.29, 0.717) is 0 Å². The Morgan fingerprint density at radius 1 is 0.783 bits per heavy atom. The summed E-state index contributed by atoms with van der Waals surface area (Å²) in [5.41, 5.74) is 5.76. The van der Waals surface area contributed by atoms with Gasteiger partial charge in [-0.25, -0.2) is 22.3 Å². The van der Waals surface area contributed by atoms with Crippen LogP contribution in [0.2, 0.25) is 0 Å². The first-order chi connectivity index (χ1) is 9.40. The van der Waals surface area contributed by atoms with E-state index in [-0.39, 0.29) is 51.0 Å². The van der Waals surface area contributed by atoms with E-state index in [2.05, 4.69) is 65.8 Å². The molecular formula is C20H32Cl2Zr. The van der Waals surface area contributed by atoms with E-state index in [9.17, 15) is 0 Å². The fourth-order valence-corrected chi connectivity index (χ4v) is 2.46. The van der Waals surface area contributed by atoms with Crippen molar-refractivity contribution in [1.82, 2.24) is 0 Å². The van der Waals surface area contributed by atoms with Gasteiger partial charge in [0.2, 0.25) is 0 Å². The maximum atomic E-state index is 3.36. The van der Waals surface area contributed by atoms with Gasteiger partial charge in [0.15, 0.2) is 0 Å². The maximum Gasteiger partial charge on any atom is 2.00 e. The van der Waals surface area contributed by atoms with Gasteiger partial charge >= 0.3 is 26.2 Å². The summed E-state index contributed by atoms with van der Waals surface area (Å²) in [5, 5.41) is 0. The minimum atomic E-state index is 0.